The SMILES string of the molecule is O=[n+]1nc2cc(-c3ccccc3)[nH]n2c2ccccc21. The van der Waals surface area contributed by atoms with Gasteiger partial charge in [0.15, 0.2) is 4.54 Å². The summed E-state index contributed by atoms with van der Waals surface area (Å²) in [6.45, 7) is 0. The molecule has 4 aromatic rings. The van der Waals surface area contributed by atoms with Crippen molar-refractivity contribution in [2.75, 3.05) is 0 Å². The smallest absolute Gasteiger partial charge is 0.291 e. The number of hydrogen-bond donors (Lipinski definition) is 1. The monoisotopic (exact) mass is 263 g/mol. The molecule has 2 heterocycles. The van der Waals surface area contributed by atoms with Crippen molar-refractivity contribution >= 4 is 16.7 Å². The van der Waals surface area contributed by atoms with Gasteiger partial charge < -0.3 is 0 Å². The Hall–Kier alpha value is -2.95. The normalized spacial score (nSPS) is 11.2. The number of nitrogens with one attached hydrogen (secondary N) is 1. The van der Waals surface area contributed by atoms with Crippen LogP contribution in [0.3, 0.4) is 0 Å². The minimum Gasteiger partial charge on any atom is -0.291 e. The standard InChI is InChI=1S/C15H11N4O/c20-19-14-9-5-4-8-13(14)18-15(17-19)10-12(16-18)11-6-2-1-3-7-11/h1-10,16H/q+1. The molecule has 5 heteroatoms. The Morgan fingerprint density at radius 1 is 1.00 bits per heavy atom. The fourth-order valence-corrected chi connectivity index (χ4v) is 2.39. The van der Waals surface area contributed by atoms with E-state index in [0.717, 1.165) is 16.8 Å². The zero-order valence-corrected chi connectivity index (χ0v) is 10.5. The summed E-state index contributed by atoms with van der Waals surface area (Å²) in [5, 5.41) is 7.33. The van der Waals surface area contributed by atoms with Crippen molar-refractivity contribution in [2.45, 2.75) is 0 Å². The van der Waals surface area contributed by atoms with Crippen LogP contribution in [-0.2, 0) is 0 Å². The van der Waals surface area contributed by atoms with Crippen LogP contribution in [0.1, 0.15) is 0 Å². The second-order valence-corrected chi connectivity index (χ2v) is 4.59. The van der Waals surface area contributed by atoms with Gasteiger partial charge >= 0.3 is 5.52 Å². The Balaban J connectivity index is 2.10. The number of benzene rings is 2. The van der Waals surface area contributed by atoms with Gasteiger partial charge in [0, 0.05) is 12.1 Å². The summed E-state index contributed by atoms with van der Waals surface area (Å²) in [6, 6.07) is 19.2. The predicted octanol–water partition coefficient (Wildman–Crippen LogP) is 2.40. The van der Waals surface area contributed by atoms with Crippen LogP contribution in [0.2, 0.25) is 0 Å². The van der Waals surface area contributed by atoms with E-state index in [1.807, 2.05) is 59.1 Å². The lowest BCUT2D eigenvalue weighted by Gasteiger charge is -1.96. The van der Waals surface area contributed by atoms with E-state index in [-0.39, 0.29) is 0 Å². The number of rotatable bonds is 1. The number of hydrogen-bond acceptors (Lipinski definition) is 2. The zero-order chi connectivity index (χ0) is 13.5. The van der Waals surface area contributed by atoms with E-state index < -0.39 is 0 Å². The highest BCUT2D eigenvalue weighted by Gasteiger charge is 2.14. The zero-order valence-electron chi connectivity index (χ0n) is 10.5. The minimum absolute atomic E-state index is 0.534. The predicted molar refractivity (Wildman–Crippen MR) is 75.9 cm³/mol. The van der Waals surface area contributed by atoms with Gasteiger partial charge in [-0.15, -0.1) is 0 Å². The molecule has 5 nitrogen and oxygen atoms in total. The van der Waals surface area contributed by atoms with Crippen molar-refractivity contribution < 1.29 is 4.54 Å². The van der Waals surface area contributed by atoms with Gasteiger partial charge in [0.1, 0.15) is 5.52 Å². The van der Waals surface area contributed by atoms with Crippen molar-refractivity contribution in [1.29, 1.82) is 0 Å². The molecule has 0 atom stereocenters. The molecule has 0 saturated carbocycles. The molecule has 0 spiro atoms. The number of nitrogens with zero attached hydrogens (tertiary/aromatic N) is 3. The Morgan fingerprint density at radius 2 is 1.75 bits per heavy atom. The van der Waals surface area contributed by atoms with Gasteiger partial charge in [-0.05, 0) is 11.6 Å². The quantitative estimate of drug-likeness (QED) is 0.536. The summed E-state index contributed by atoms with van der Waals surface area (Å²) in [5.74, 6) is 0. The van der Waals surface area contributed by atoms with E-state index in [0.29, 0.717) is 15.7 Å². The van der Waals surface area contributed by atoms with Crippen LogP contribution in [0.15, 0.2) is 60.7 Å². The molecule has 0 saturated heterocycles. The Bertz CT molecular complexity index is 969. The second-order valence-electron chi connectivity index (χ2n) is 4.59. The highest BCUT2D eigenvalue weighted by Crippen LogP contribution is 2.19. The lowest BCUT2D eigenvalue weighted by atomic mass is 10.2. The Morgan fingerprint density at radius 3 is 2.60 bits per heavy atom. The van der Waals surface area contributed by atoms with Crippen LogP contribution in [0.25, 0.3) is 27.9 Å². The number of para-hydroxylation sites is 2. The first-order valence-electron chi connectivity index (χ1n) is 6.32. The molecule has 4 rings (SSSR count). The fourth-order valence-electron chi connectivity index (χ4n) is 2.39. The van der Waals surface area contributed by atoms with Crippen LogP contribution in [0, 0.1) is 4.91 Å². The summed E-state index contributed by atoms with van der Waals surface area (Å²) in [4.78, 5) is 11.9. The van der Waals surface area contributed by atoms with Crippen LogP contribution in [-0.4, -0.2) is 14.7 Å². The van der Waals surface area contributed by atoms with E-state index in [1.165, 1.54) is 0 Å². The number of aromatic nitrogens is 4. The lowest BCUT2D eigenvalue weighted by Crippen LogP contribution is -2.22. The Kier molecular flexibility index (Phi) is 2.20. The minimum atomic E-state index is 0.534. The molecule has 1 N–H and O–H groups in total. The third-order valence-electron chi connectivity index (χ3n) is 3.34. The lowest BCUT2D eigenvalue weighted by molar-refractivity contribution is -0.533. The first-order chi connectivity index (χ1) is 9.83. The van der Waals surface area contributed by atoms with Crippen LogP contribution >= 0.6 is 0 Å². The number of aromatic amines is 1. The van der Waals surface area contributed by atoms with Crippen LogP contribution < -0.4 is 4.54 Å². The summed E-state index contributed by atoms with van der Waals surface area (Å²) >= 11 is 0. The molecule has 0 aliphatic carbocycles. The van der Waals surface area contributed by atoms with Gasteiger partial charge in [-0.1, -0.05) is 42.5 Å². The van der Waals surface area contributed by atoms with Gasteiger partial charge in [0.05, 0.1) is 15.7 Å². The summed E-state index contributed by atoms with van der Waals surface area (Å²) in [7, 11) is 0. The maximum atomic E-state index is 11.9. The van der Waals surface area contributed by atoms with Crippen molar-refractivity contribution in [3.8, 4) is 11.3 Å². The average Bonchev–Trinajstić information content (AvgIpc) is 2.93. The molecule has 0 aliphatic heterocycles. The van der Waals surface area contributed by atoms with Gasteiger partial charge in [-0.25, -0.2) is 4.52 Å². The molecule has 0 unspecified atom stereocenters. The first kappa shape index (κ1) is 10.9. The first-order valence-corrected chi connectivity index (χ1v) is 6.32. The molecular formula is C15H11N4O+. The van der Waals surface area contributed by atoms with Crippen molar-refractivity contribution in [2.24, 2.45) is 0 Å². The average molecular weight is 263 g/mol. The fraction of sp³-hybridized carbons (Fsp3) is 0. The summed E-state index contributed by atoms with van der Waals surface area (Å²) in [6.07, 6.45) is 0. The molecule has 0 bridgehead atoms. The van der Waals surface area contributed by atoms with Crippen molar-refractivity contribution in [1.82, 2.24) is 14.7 Å². The maximum Gasteiger partial charge on any atom is 0.320 e. The molecular weight excluding hydrogens is 252 g/mol. The number of fused-ring (bicyclic) bond motifs is 3. The van der Waals surface area contributed by atoms with E-state index in [2.05, 4.69) is 10.2 Å². The highest BCUT2D eigenvalue weighted by molar-refractivity contribution is 5.75. The van der Waals surface area contributed by atoms with E-state index in [1.54, 1.807) is 6.07 Å². The second kappa shape index (κ2) is 4.03. The molecule has 0 amide bonds. The molecule has 2 aromatic carbocycles. The van der Waals surface area contributed by atoms with E-state index in [9.17, 15) is 4.91 Å². The third-order valence-corrected chi connectivity index (χ3v) is 3.34. The molecule has 0 fully saturated rings. The molecule has 20 heavy (non-hydrogen) atoms. The van der Waals surface area contributed by atoms with Crippen LogP contribution in [0.4, 0.5) is 0 Å². The van der Waals surface area contributed by atoms with Gasteiger partial charge in [0.2, 0.25) is 5.65 Å². The van der Waals surface area contributed by atoms with Gasteiger partial charge in [-0.2, -0.15) is 0 Å². The summed E-state index contributed by atoms with van der Waals surface area (Å²) < 4.78 is 2.49. The molecule has 0 aliphatic rings. The topological polar surface area (TPSA) is 56.1 Å². The highest BCUT2D eigenvalue weighted by atomic mass is 16.3. The van der Waals surface area contributed by atoms with Crippen LogP contribution in [0.5, 0.6) is 0 Å². The number of H-pyrrole nitrogens is 1. The third kappa shape index (κ3) is 1.53. The maximum absolute atomic E-state index is 11.9. The molecule has 0 radical (unpaired) electrons. The molecule has 96 valence electrons. The van der Waals surface area contributed by atoms with E-state index >= 15 is 0 Å². The Labute approximate surface area is 113 Å². The van der Waals surface area contributed by atoms with Crippen molar-refractivity contribution in [3.63, 3.8) is 0 Å². The molecule has 2 aromatic heterocycles. The largest absolute Gasteiger partial charge is 0.320 e. The van der Waals surface area contributed by atoms with Gasteiger partial charge in [0.25, 0.3) is 0 Å². The van der Waals surface area contributed by atoms with Crippen molar-refractivity contribution in [3.05, 3.63) is 65.6 Å². The summed E-state index contributed by atoms with van der Waals surface area (Å²) in [5.41, 5.74) is 3.91. The van der Waals surface area contributed by atoms with Gasteiger partial charge in [-0.3, -0.25) is 5.10 Å². The van der Waals surface area contributed by atoms with E-state index in [4.69, 9.17) is 0 Å².